The molecule has 3 aliphatic rings. The number of hydrogen-bond donors (Lipinski definition) is 0. The van der Waals surface area contributed by atoms with Crippen molar-refractivity contribution in [2.24, 2.45) is 0 Å². The van der Waals surface area contributed by atoms with E-state index in [0.29, 0.717) is 0 Å². The van der Waals surface area contributed by atoms with Crippen molar-refractivity contribution in [2.45, 2.75) is 24.7 Å². The monoisotopic (exact) mass is 915 g/mol. The predicted molar refractivity (Wildman–Crippen MR) is 300 cm³/mol. The van der Waals surface area contributed by atoms with Crippen molar-refractivity contribution < 1.29 is 4.42 Å². The molecule has 0 unspecified atom stereocenters. The van der Waals surface area contributed by atoms with E-state index in [9.17, 15) is 0 Å². The van der Waals surface area contributed by atoms with E-state index in [1.54, 1.807) is 0 Å². The van der Waals surface area contributed by atoms with Gasteiger partial charge in [0.05, 0.1) is 11.1 Å². The summed E-state index contributed by atoms with van der Waals surface area (Å²) >= 11 is 0. The lowest BCUT2D eigenvalue weighted by Crippen LogP contribution is -2.26. The Kier molecular flexibility index (Phi) is 7.92. The third-order valence-electron chi connectivity index (χ3n) is 16.8. The largest absolute Gasteiger partial charge is 0.456 e. The molecule has 1 spiro atoms. The van der Waals surface area contributed by atoms with Gasteiger partial charge in [0.25, 0.3) is 0 Å². The minimum Gasteiger partial charge on any atom is -0.456 e. The quantitative estimate of drug-likeness (QED) is 0.164. The zero-order valence-electron chi connectivity index (χ0n) is 39.9. The molecule has 0 aliphatic heterocycles. The number of fused-ring (bicyclic) bond motifs is 23. The number of para-hydroxylation sites is 1. The molecular weight excluding hydrogens is 871 g/mol. The number of rotatable bonds is 4. The number of nitrogens with zero attached hydrogens (tertiary/aromatic N) is 1. The number of furan rings is 1. The van der Waals surface area contributed by atoms with Crippen molar-refractivity contribution in [3.8, 4) is 44.5 Å². The standard InChI is InChI=1S/C70H45NO/c1-69(2)57-27-10-5-20-49(57)55-26-16-31-62(68(55)69)71(44-37-38-50-48-19-8-13-30-60(48)70(61(50)41-44)58-28-11-6-17-46(58)47-18-7-12-29-59(47)70)43-35-33-42(34-36-43)45-24-15-25-52-54-39-40-64-67(56-23-9-14-32-63(56)72-64)66(54)53-22-4-3-21-51(53)65(45)52/h3-41H,1-2H3. The zero-order valence-corrected chi connectivity index (χ0v) is 39.9. The molecule has 0 N–H and O–H groups in total. The highest BCUT2D eigenvalue weighted by atomic mass is 16.3. The Labute approximate surface area is 417 Å². The van der Waals surface area contributed by atoms with Crippen molar-refractivity contribution in [3.63, 3.8) is 0 Å². The second-order valence-corrected chi connectivity index (χ2v) is 20.6. The van der Waals surface area contributed by atoms with Crippen LogP contribution in [0.3, 0.4) is 0 Å². The summed E-state index contributed by atoms with van der Waals surface area (Å²) in [6.45, 7) is 4.80. The normalized spacial score (nSPS) is 14.2. The van der Waals surface area contributed by atoms with Crippen LogP contribution in [0, 0.1) is 0 Å². The van der Waals surface area contributed by atoms with E-state index < -0.39 is 5.41 Å². The van der Waals surface area contributed by atoms with Crippen LogP contribution in [0.1, 0.15) is 47.2 Å². The molecule has 1 aromatic heterocycles. The van der Waals surface area contributed by atoms with Crippen molar-refractivity contribution in [1.82, 2.24) is 0 Å². The van der Waals surface area contributed by atoms with Gasteiger partial charge in [-0.25, -0.2) is 0 Å². The highest BCUT2D eigenvalue weighted by Crippen LogP contribution is 2.64. The van der Waals surface area contributed by atoms with Crippen LogP contribution in [-0.4, -0.2) is 0 Å². The van der Waals surface area contributed by atoms with E-state index in [1.807, 2.05) is 0 Å². The summed E-state index contributed by atoms with van der Waals surface area (Å²) in [7, 11) is 0. The second-order valence-electron chi connectivity index (χ2n) is 20.6. The van der Waals surface area contributed by atoms with Crippen LogP contribution in [0.15, 0.2) is 241 Å². The van der Waals surface area contributed by atoms with Crippen LogP contribution in [0.25, 0.3) is 98.8 Å². The van der Waals surface area contributed by atoms with Crippen molar-refractivity contribution in [2.75, 3.05) is 4.90 Å². The van der Waals surface area contributed by atoms with Crippen molar-refractivity contribution >= 4 is 71.3 Å². The third kappa shape index (κ3) is 5.03. The van der Waals surface area contributed by atoms with Crippen molar-refractivity contribution in [3.05, 3.63) is 270 Å². The Morgan fingerprint density at radius 3 is 1.49 bits per heavy atom. The van der Waals surface area contributed by atoms with Crippen LogP contribution >= 0.6 is 0 Å². The first kappa shape index (κ1) is 39.8. The second kappa shape index (κ2) is 14.3. The molecule has 0 amide bonds. The molecule has 13 aromatic rings. The highest BCUT2D eigenvalue weighted by molar-refractivity contribution is 6.36. The lowest BCUT2D eigenvalue weighted by Gasteiger charge is -2.34. The van der Waals surface area contributed by atoms with Crippen LogP contribution in [0.5, 0.6) is 0 Å². The zero-order chi connectivity index (χ0) is 47.5. The highest BCUT2D eigenvalue weighted by Gasteiger charge is 2.52. The van der Waals surface area contributed by atoms with Gasteiger partial charge >= 0.3 is 0 Å². The van der Waals surface area contributed by atoms with Crippen LogP contribution < -0.4 is 4.90 Å². The van der Waals surface area contributed by atoms with Crippen LogP contribution in [0.2, 0.25) is 0 Å². The molecular formula is C70H45NO. The summed E-state index contributed by atoms with van der Waals surface area (Å²) in [4.78, 5) is 2.55. The van der Waals surface area contributed by atoms with Crippen molar-refractivity contribution in [1.29, 1.82) is 0 Å². The lowest BCUT2D eigenvalue weighted by atomic mass is 9.70. The van der Waals surface area contributed by atoms with E-state index in [0.717, 1.165) is 27.9 Å². The van der Waals surface area contributed by atoms with Gasteiger partial charge in [0.1, 0.15) is 11.2 Å². The first-order valence-electron chi connectivity index (χ1n) is 25.3. The smallest absolute Gasteiger partial charge is 0.136 e. The molecule has 0 saturated carbocycles. The molecule has 2 nitrogen and oxygen atoms in total. The van der Waals surface area contributed by atoms with E-state index in [4.69, 9.17) is 4.42 Å². The minimum atomic E-state index is -0.462. The summed E-state index contributed by atoms with van der Waals surface area (Å²) in [5.41, 5.74) is 22.9. The fraction of sp³-hybridized carbons (Fsp3) is 0.0571. The molecule has 72 heavy (non-hydrogen) atoms. The van der Waals surface area contributed by atoms with Gasteiger partial charge in [-0.05, 0) is 153 Å². The number of hydrogen-bond acceptors (Lipinski definition) is 2. The van der Waals surface area contributed by atoms with E-state index in [-0.39, 0.29) is 5.41 Å². The summed E-state index contributed by atoms with van der Waals surface area (Å²) in [5, 5.41) is 9.78. The maximum absolute atomic E-state index is 6.45. The molecule has 2 heteroatoms. The van der Waals surface area contributed by atoms with Gasteiger partial charge < -0.3 is 9.32 Å². The van der Waals surface area contributed by atoms with E-state index in [2.05, 4.69) is 255 Å². The molecule has 0 saturated heterocycles. The van der Waals surface area contributed by atoms with E-state index >= 15 is 0 Å². The maximum Gasteiger partial charge on any atom is 0.136 e. The molecule has 0 bridgehead atoms. The summed E-state index contributed by atoms with van der Waals surface area (Å²) in [5.74, 6) is 0. The van der Waals surface area contributed by atoms with Gasteiger partial charge in [-0.3, -0.25) is 0 Å². The van der Waals surface area contributed by atoms with Gasteiger partial charge in [0, 0.05) is 32.9 Å². The molecule has 12 aromatic carbocycles. The Bertz CT molecular complexity index is 4400. The molecule has 1 heterocycles. The number of anilines is 3. The topological polar surface area (TPSA) is 16.4 Å². The fourth-order valence-corrected chi connectivity index (χ4v) is 14.0. The van der Waals surface area contributed by atoms with Gasteiger partial charge in [0.2, 0.25) is 0 Å². The molecule has 336 valence electrons. The van der Waals surface area contributed by atoms with Crippen LogP contribution in [0.4, 0.5) is 17.1 Å². The minimum absolute atomic E-state index is 0.237. The van der Waals surface area contributed by atoms with E-state index in [1.165, 1.54) is 121 Å². The predicted octanol–water partition coefficient (Wildman–Crippen LogP) is 18.8. The SMILES string of the molecule is CC1(C)c2ccccc2-c2cccc(N(c3ccc(-c4cccc5c6ccc7oc8ccccc8c7c6c6ccccc6c45)cc3)c3ccc4c(c3)C3(c5ccccc5-c5ccccc53)c3ccccc3-4)c21. The molecule has 3 aliphatic carbocycles. The fourth-order valence-electron chi connectivity index (χ4n) is 14.0. The Morgan fingerprint density at radius 1 is 0.319 bits per heavy atom. The number of benzene rings is 12. The third-order valence-corrected chi connectivity index (χ3v) is 16.8. The average molecular weight is 916 g/mol. The molecule has 0 fully saturated rings. The molecule has 0 atom stereocenters. The Balaban J connectivity index is 0.926. The Morgan fingerprint density at radius 2 is 0.806 bits per heavy atom. The maximum atomic E-state index is 6.45. The Hall–Kier alpha value is -8.98. The van der Waals surface area contributed by atoms with Gasteiger partial charge in [-0.15, -0.1) is 0 Å². The van der Waals surface area contributed by atoms with Gasteiger partial charge in [0.15, 0.2) is 0 Å². The summed E-state index contributed by atoms with van der Waals surface area (Å²) in [6.07, 6.45) is 0. The molecule has 16 rings (SSSR count). The summed E-state index contributed by atoms with van der Waals surface area (Å²) in [6, 6.07) is 88.5. The van der Waals surface area contributed by atoms with Crippen LogP contribution in [-0.2, 0) is 10.8 Å². The first-order valence-corrected chi connectivity index (χ1v) is 25.3. The van der Waals surface area contributed by atoms with Gasteiger partial charge in [-0.1, -0.05) is 202 Å². The lowest BCUT2D eigenvalue weighted by molar-refractivity contribution is 0.661. The molecule has 0 radical (unpaired) electrons. The summed E-state index contributed by atoms with van der Waals surface area (Å²) < 4.78 is 6.45. The average Bonchev–Trinajstić information content (AvgIpc) is 4.13. The first-order chi connectivity index (χ1) is 35.5. The van der Waals surface area contributed by atoms with Gasteiger partial charge in [-0.2, -0.15) is 0 Å².